The Morgan fingerprint density at radius 1 is 1.43 bits per heavy atom. The van der Waals surface area contributed by atoms with Gasteiger partial charge in [-0.2, -0.15) is 5.26 Å². The van der Waals surface area contributed by atoms with E-state index in [0.29, 0.717) is 5.39 Å². The number of benzene rings is 1. The van der Waals surface area contributed by atoms with Crippen LogP contribution in [0.5, 0.6) is 0 Å². The number of hydrogen-bond acceptors (Lipinski definition) is 3. The lowest BCUT2D eigenvalue weighted by molar-refractivity contribution is 0.626. The van der Waals surface area contributed by atoms with Crippen molar-refractivity contribution in [2.45, 2.75) is 0 Å². The molecule has 1 aromatic heterocycles. The molecule has 0 saturated carbocycles. The van der Waals surface area contributed by atoms with E-state index in [2.05, 4.69) is 4.98 Å². The van der Waals surface area contributed by atoms with Crippen LogP contribution in [0, 0.1) is 17.1 Å². The summed E-state index contributed by atoms with van der Waals surface area (Å²) in [6.45, 7) is 0. The van der Waals surface area contributed by atoms with Gasteiger partial charge in [-0.1, -0.05) is 0 Å². The number of rotatable bonds is 0. The number of halogens is 1. The van der Waals surface area contributed by atoms with E-state index in [0.717, 1.165) is 5.39 Å². The molecule has 3 nitrogen and oxygen atoms in total. The zero-order chi connectivity index (χ0) is 10.1. The predicted octanol–water partition coefficient (Wildman–Crippen LogP) is 1.83. The van der Waals surface area contributed by atoms with Crippen LogP contribution >= 0.6 is 0 Å². The maximum atomic E-state index is 13.2. The highest BCUT2D eigenvalue weighted by Crippen LogP contribution is 2.21. The molecule has 0 unspecified atom stereocenters. The molecule has 14 heavy (non-hydrogen) atoms. The van der Waals surface area contributed by atoms with E-state index in [-0.39, 0.29) is 11.4 Å². The molecule has 0 aliphatic heterocycles. The topological polar surface area (TPSA) is 62.7 Å². The highest BCUT2D eigenvalue weighted by atomic mass is 19.1. The Morgan fingerprint density at radius 2 is 2.21 bits per heavy atom. The molecule has 0 radical (unpaired) electrons. The number of nitrogens with two attached hydrogens (primary N) is 1. The first-order chi connectivity index (χ1) is 6.72. The second-order valence-corrected chi connectivity index (χ2v) is 2.86. The van der Waals surface area contributed by atoms with Gasteiger partial charge in [-0.3, -0.25) is 0 Å². The molecular formula is C10H6FN3. The Morgan fingerprint density at radius 3 is 2.93 bits per heavy atom. The number of hydrogen-bond donors (Lipinski definition) is 1. The first-order valence-electron chi connectivity index (χ1n) is 3.96. The van der Waals surface area contributed by atoms with Crippen LogP contribution in [0.4, 0.5) is 10.2 Å². The molecule has 0 aliphatic carbocycles. The minimum atomic E-state index is -0.570. The van der Waals surface area contributed by atoms with Crippen molar-refractivity contribution in [3.8, 4) is 6.07 Å². The van der Waals surface area contributed by atoms with Crippen LogP contribution < -0.4 is 5.73 Å². The number of fused-ring (bicyclic) bond motifs is 1. The van der Waals surface area contributed by atoms with Crippen molar-refractivity contribution < 1.29 is 4.39 Å². The minimum Gasteiger partial charge on any atom is -0.383 e. The van der Waals surface area contributed by atoms with E-state index in [1.807, 2.05) is 0 Å². The smallest absolute Gasteiger partial charge is 0.141 e. The Bertz CT molecular complexity index is 543. The third-order valence-electron chi connectivity index (χ3n) is 2.00. The molecule has 2 N–H and O–H groups in total. The number of nitriles is 1. The van der Waals surface area contributed by atoms with Gasteiger partial charge in [0.2, 0.25) is 0 Å². The zero-order valence-electron chi connectivity index (χ0n) is 7.16. The maximum absolute atomic E-state index is 13.2. The summed E-state index contributed by atoms with van der Waals surface area (Å²) in [5, 5.41) is 9.86. The normalized spacial score (nSPS) is 10.0. The lowest BCUT2D eigenvalue weighted by Gasteiger charge is -2.01. The molecule has 1 heterocycles. The highest BCUT2D eigenvalue weighted by molar-refractivity contribution is 5.91. The first-order valence-corrected chi connectivity index (χ1v) is 3.96. The molecular weight excluding hydrogens is 181 g/mol. The van der Waals surface area contributed by atoms with Crippen molar-refractivity contribution in [1.82, 2.24) is 4.98 Å². The Hall–Kier alpha value is -2.15. The van der Waals surface area contributed by atoms with Crippen molar-refractivity contribution >= 4 is 16.6 Å². The van der Waals surface area contributed by atoms with Crippen molar-refractivity contribution in [2.75, 3.05) is 5.73 Å². The summed E-state index contributed by atoms with van der Waals surface area (Å²) >= 11 is 0. The standard InChI is InChI=1S/C10H6FN3/c11-9-4-8-6(3-7(9)5-12)1-2-14-10(8)13/h1-4H,(H2,13,14). The molecule has 1 aromatic carbocycles. The molecule has 4 heteroatoms. The van der Waals surface area contributed by atoms with Gasteiger partial charge in [0, 0.05) is 11.6 Å². The molecule has 0 saturated heterocycles. The SMILES string of the molecule is N#Cc1cc2ccnc(N)c2cc1F. The van der Waals surface area contributed by atoms with Crippen LogP contribution in [0.2, 0.25) is 0 Å². The molecule has 2 aromatic rings. The molecule has 2 rings (SSSR count). The Kier molecular flexibility index (Phi) is 1.79. The summed E-state index contributed by atoms with van der Waals surface area (Å²) < 4.78 is 13.2. The summed E-state index contributed by atoms with van der Waals surface area (Å²) in [6.07, 6.45) is 1.52. The third kappa shape index (κ3) is 1.15. The van der Waals surface area contributed by atoms with Crippen LogP contribution in [-0.4, -0.2) is 4.98 Å². The first kappa shape index (κ1) is 8.45. The monoisotopic (exact) mass is 187 g/mol. The summed E-state index contributed by atoms with van der Waals surface area (Å²) in [5.74, 6) is -0.300. The average molecular weight is 187 g/mol. The lowest BCUT2D eigenvalue weighted by atomic mass is 10.1. The van der Waals surface area contributed by atoms with Gasteiger partial charge in [0.1, 0.15) is 17.7 Å². The van der Waals surface area contributed by atoms with Crippen LogP contribution in [0.3, 0.4) is 0 Å². The average Bonchev–Trinajstić information content (AvgIpc) is 2.19. The Balaban J connectivity index is 2.88. The Labute approximate surface area is 79.6 Å². The van der Waals surface area contributed by atoms with Gasteiger partial charge in [-0.25, -0.2) is 9.37 Å². The molecule has 0 amide bonds. The summed E-state index contributed by atoms with van der Waals surface area (Å²) in [7, 11) is 0. The fourth-order valence-corrected chi connectivity index (χ4v) is 1.30. The van der Waals surface area contributed by atoms with Crippen LogP contribution in [-0.2, 0) is 0 Å². The largest absolute Gasteiger partial charge is 0.383 e. The number of aromatic nitrogens is 1. The maximum Gasteiger partial charge on any atom is 0.141 e. The summed E-state index contributed by atoms with van der Waals surface area (Å²) in [5.41, 5.74) is 5.57. The van der Waals surface area contributed by atoms with E-state index in [1.54, 1.807) is 12.1 Å². The van der Waals surface area contributed by atoms with Gasteiger partial charge in [-0.15, -0.1) is 0 Å². The van der Waals surface area contributed by atoms with Gasteiger partial charge in [-0.05, 0) is 23.6 Å². The number of nitrogen functional groups attached to an aromatic ring is 1. The van der Waals surface area contributed by atoms with Gasteiger partial charge in [0.15, 0.2) is 0 Å². The fraction of sp³-hybridized carbons (Fsp3) is 0. The van der Waals surface area contributed by atoms with Crippen molar-refractivity contribution in [3.63, 3.8) is 0 Å². The van der Waals surface area contributed by atoms with Crippen LogP contribution in [0.1, 0.15) is 5.56 Å². The van der Waals surface area contributed by atoms with Crippen LogP contribution in [0.15, 0.2) is 24.4 Å². The summed E-state index contributed by atoms with van der Waals surface area (Å²) in [4.78, 5) is 3.83. The van der Waals surface area contributed by atoms with E-state index < -0.39 is 5.82 Å². The zero-order valence-corrected chi connectivity index (χ0v) is 7.16. The molecule has 0 atom stereocenters. The quantitative estimate of drug-likeness (QED) is 0.684. The lowest BCUT2D eigenvalue weighted by Crippen LogP contribution is -1.92. The van der Waals surface area contributed by atoms with E-state index in [4.69, 9.17) is 11.0 Å². The van der Waals surface area contributed by atoms with Gasteiger partial charge < -0.3 is 5.73 Å². The molecule has 0 fully saturated rings. The third-order valence-corrected chi connectivity index (χ3v) is 2.00. The van der Waals surface area contributed by atoms with E-state index >= 15 is 0 Å². The van der Waals surface area contributed by atoms with E-state index in [1.165, 1.54) is 18.3 Å². The van der Waals surface area contributed by atoms with Crippen molar-refractivity contribution in [1.29, 1.82) is 5.26 Å². The van der Waals surface area contributed by atoms with Crippen molar-refractivity contribution in [3.05, 3.63) is 35.8 Å². The number of pyridine rings is 1. The molecule has 0 bridgehead atoms. The predicted molar refractivity (Wildman–Crippen MR) is 50.8 cm³/mol. The fourth-order valence-electron chi connectivity index (χ4n) is 1.30. The van der Waals surface area contributed by atoms with Gasteiger partial charge >= 0.3 is 0 Å². The second-order valence-electron chi connectivity index (χ2n) is 2.86. The van der Waals surface area contributed by atoms with Gasteiger partial charge in [0.25, 0.3) is 0 Å². The number of anilines is 1. The van der Waals surface area contributed by atoms with Crippen LogP contribution in [0.25, 0.3) is 10.8 Å². The highest BCUT2D eigenvalue weighted by Gasteiger charge is 2.05. The van der Waals surface area contributed by atoms with E-state index in [9.17, 15) is 4.39 Å². The van der Waals surface area contributed by atoms with Gasteiger partial charge in [0.05, 0.1) is 5.56 Å². The number of nitrogens with zero attached hydrogens (tertiary/aromatic N) is 2. The second kappa shape index (κ2) is 2.96. The molecule has 0 aliphatic rings. The summed E-state index contributed by atoms with van der Waals surface area (Å²) in [6, 6.07) is 6.15. The molecule has 0 spiro atoms. The van der Waals surface area contributed by atoms with Crippen molar-refractivity contribution in [2.24, 2.45) is 0 Å². The minimum absolute atomic E-state index is 0.0168. The molecule has 68 valence electrons.